The maximum atomic E-state index is 12.3. The third kappa shape index (κ3) is 8.68. The van der Waals surface area contributed by atoms with Crippen LogP contribution < -0.4 is 10.6 Å². The molecule has 0 bridgehead atoms. The molecule has 8 heteroatoms. The van der Waals surface area contributed by atoms with E-state index in [1.54, 1.807) is 35.2 Å². The van der Waals surface area contributed by atoms with Crippen LogP contribution in [0, 0.1) is 5.92 Å². The number of rotatable bonds is 12. The van der Waals surface area contributed by atoms with Crippen molar-refractivity contribution in [2.45, 2.75) is 51.1 Å². The zero-order chi connectivity index (χ0) is 21.1. The molecule has 1 aromatic carbocycles. The molecule has 2 amide bonds. The number of hydrogen-bond donors (Lipinski definition) is 2. The number of unbranched alkanes of at least 4 members (excludes halogenated alkanes) is 3. The second-order valence-corrected chi connectivity index (χ2v) is 8.44. The Morgan fingerprint density at radius 3 is 2.69 bits per heavy atom. The molecular weight excluding hydrogens is 386 g/mol. The summed E-state index contributed by atoms with van der Waals surface area (Å²) >= 11 is 1.31. The number of aromatic nitrogens is 3. The van der Waals surface area contributed by atoms with Gasteiger partial charge < -0.3 is 15.2 Å². The lowest BCUT2D eigenvalue weighted by Crippen LogP contribution is -2.24. The first-order valence-corrected chi connectivity index (χ1v) is 11.1. The maximum absolute atomic E-state index is 12.3. The fraction of sp³-hybridized carbons (Fsp3) is 0.524. The fourth-order valence-corrected chi connectivity index (χ4v) is 3.49. The third-order valence-electron chi connectivity index (χ3n) is 4.40. The molecule has 0 fully saturated rings. The molecule has 0 unspecified atom stereocenters. The number of aryl methyl sites for hydroxylation is 1. The van der Waals surface area contributed by atoms with E-state index >= 15 is 0 Å². The van der Waals surface area contributed by atoms with Crippen molar-refractivity contribution in [2.24, 2.45) is 13.0 Å². The molecular formula is C21H31N5O2S. The second-order valence-electron chi connectivity index (χ2n) is 7.49. The summed E-state index contributed by atoms with van der Waals surface area (Å²) in [6.07, 6.45) is 7.44. The summed E-state index contributed by atoms with van der Waals surface area (Å²) in [5, 5.41) is 14.2. The van der Waals surface area contributed by atoms with E-state index in [-0.39, 0.29) is 17.6 Å². The van der Waals surface area contributed by atoms with Crippen LogP contribution in [0.25, 0.3) is 0 Å². The SMILES string of the molecule is CC(C)CCCCCCNC(=O)c1cccc(NC(=O)CSc2nncn2C)c1. The Kier molecular flexibility index (Phi) is 9.70. The van der Waals surface area contributed by atoms with Crippen LogP contribution in [0.1, 0.15) is 56.3 Å². The number of nitrogens with one attached hydrogen (secondary N) is 2. The number of anilines is 1. The van der Waals surface area contributed by atoms with Gasteiger partial charge in [-0.25, -0.2) is 0 Å². The van der Waals surface area contributed by atoms with E-state index in [2.05, 4.69) is 34.7 Å². The summed E-state index contributed by atoms with van der Waals surface area (Å²) in [5.74, 6) is 0.710. The Hall–Kier alpha value is -2.35. The maximum Gasteiger partial charge on any atom is 0.251 e. The predicted molar refractivity (Wildman–Crippen MR) is 117 cm³/mol. The summed E-state index contributed by atoms with van der Waals surface area (Å²) in [7, 11) is 1.83. The first-order chi connectivity index (χ1) is 14.0. The normalized spacial score (nSPS) is 10.9. The van der Waals surface area contributed by atoms with Gasteiger partial charge >= 0.3 is 0 Å². The highest BCUT2D eigenvalue weighted by Crippen LogP contribution is 2.15. The van der Waals surface area contributed by atoms with Crippen LogP contribution in [-0.2, 0) is 11.8 Å². The van der Waals surface area contributed by atoms with Crippen molar-refractivity contribution in [2.75, 3.05) is 17.6 Å². The molecule has 7 nitrogen and oxygen atoms in total. The summed E-state index contributed by atoms with van der Waals surface area (Å²) < 4.78 is 1.76. The van der Waals surface area contributed by atoms with E-state index < -0.39 is 0 Å². The number of thioether (sulfide) groups is 1. The van der Waals surface area contributed by atoms with Crippen LogP contribution in [0.15, 0.2) is 35.7 Å². The van der Waals surface area contributed by atoms with Gasteiger partial charge in [-0.3, -0.25) is 9.59 Å². The number of hydrogen-bond acceptors (Lipinski definition) is 5. The van der Waals surface area contributed by atoms with E-state index in [9.17, 15) is 9.59 Å². The number of nitrogens with zero attached hydrogens (tertiary/aromatic N) is 3. The summed E-state index contributed by atoms with van der Waals surface area (Å²) in [4.78, 5) is 24.5. The molecule has 0 spiro atoms. The Morgan fingerprint density at radius 1 is 1.17 bits per heavy atom. The summed E-state index contributed by atoms with van der Waals surface area (Å²) in [6.45, 7) is 5.16. The van der Waals surface area contributed by atoms with E-state index in [1.165, 1.54) is 31.0 Å². The fourth-order valence-electron chi connectivity index (χ4n) is 2.80. The molecule has 0 radical (unpaired) electrons. The topological polar surface area (TPSA) is 88.9 Å². The van der Waals surface area contributed by atoms with Crippen molar-refractivity contribution >= 4 is 29.3 Å². The van der Waals surface area contributed by atoms with Gasteiger partial charge in [-0.2, -0.15) is 0 Å². The van der Waals surface area contributed by atoms with Crippen LogP contribution in [0.5, 0.6) is 0 Å². The van der Waals surface area contributed by atoms with Crippen LogP contribution in [-0.4, -0.2) is 38.9 Å². The van der Waals surface area contributed by atoms with Gasteiger partial charge in [0, 0.05) is 24.8 Å². The zero-order valence-electron chi connectivity index (χ0n) is 17.5. The first-order valence-electron chi connectivity index (χ1n) is 10.1. The van der Waals surface area contributed by atoms with Gasteiger partial charge in [-0.1, -0.05) is 57.4 Å². The first kappa shape index (κ1) is 22.9. The van der Waals surface area contributed by atoms with Crippen molar-refractivity contribution in [3.05, 3.63) is 36.2 Å². The highest BCUT2D eigenvalue weighted by atomic mass is 32.2. The quantitative estimate of drug-likeness (QED) is 0.404. The van der Waals surface area contributed by atoms with Crippen molar-refractivity contribution in [3.8, 4) is 0 Å². The van der Waals surface area contributed by atoms with E-state index in [0.717, 1.165) is 18.8 Å². The average Bonchev–Trinajstić information content (AvgIpc) is 3.10. The molecule has 0 aliphatic heterocycles. The molecule has 0 aliphatic rings. The largest absolute Gasteiger partial charge is 0.352 e. The van der Waals surface area contributed by atoms with Gasteiger partial charge in [0.15, 0.2) is 5.16 Å². The Labute approximate surface area is 177 Å². The minimum Gasteiger partial charge on any atom is -0.352 e. The van der Waals surface area contributed by atoms with Crippen molar-refractivity contribution in [1.82, 2.24) is 20.1 Å². The number of carbonyl (C=O) groups is 2. The molecule has 0 atom stereocenters. The van der Waals surface area contributed by atoms with Gasteiger partial charge in [0.1, 0.15) is 6.33 Å². The summed E-state index contributed by atoms with van der Waals surface area (Å²) in [6, 6.07) is 6.99. The molecule has 0 saturated carbocycles. The van der Waals surface area contributed by atoms with Crippen molar-refractivity contribution < 1.29 is 9.59 Å². The Balaban J connectivity index is 1.71. The van der Waals surface area contributed by atoms with Gasteiger partial charge in [0.25, 0.3) is 5.91 Å². The van der Waals surface area contributed by atoms with Gasteiger partial charge in [-0.15, -0.1) is 10.2 Å². The highest BCUT2D eigenvalue weighted by molar-refractivity contribution is 7.99. The molecule has 2 rings (SSSR count). The Bertz CT molecular complexity index is 791. The van der Waals surface area contributed by atoms with Crippen LogP contribution in [0.2, 0.25) is 0 Å². The lowest BCUT2D eigenvalue weighted by Gasteiger charge is -2.09. The second kappa shape index (κ2) is 12.3. The van der Waals surface area contributed by atoms with Crippen molar-refractivity contribution in [3.63, 3.8) is 0 Å². The predicted octanol–water partition coefficient (Wildman–Crippen LogP) is 3.88. The minimum atomic E-state index is -0.156. The lowest BCUT2D eigenvalue weighted by atomic mass is 10.0. The average molecular weight is 418 g/mol. The number of benzene rings is 1. The lowest BCUT2D eigenvalue weighted by molar-refractivity contribution is -0.113. The molecule has 1 heterocycles. The number of carbonyl (C=O) groups excluding carboxylic acids is 2. The molecule has 0 aliphatic carbocycles. The molecule has 0 saturated heterocycles. The highest BCUT2D eigenvalue weighted by Gasteiger charge is 2.10. The molecule has 158 valence electrons. The van der Waals surface area contributed by atoms with Crippen LogP contribution in [0.3, 0.4) is 0 Å². The smallest absolute Gasteiger partial charge is 0.251 e. The molecule has 29 heavy (non-hydrogen) atoms. The van der Waals surface area contributed by atoms with Gasteiger partial charge in [-0.05, 0) is 30.5 Å². The van der Waals surface area contributed by atoms with Gasteiger partial charge in [0.05, 0.1) is 5.75 Å². The molecule has 2 N–H and O–H groups in total. The standard InChI is InChI=1S/C21H31N5O2S/c1-16(2)9-6-4-5-7-12-22-20(28)17-10-8-11-18(13-17)24-19(27)14-29-21-25-23-15-26(21)3/h8,10-11,13,15-16H,4-7,9,12,14H2,1-3H3,(H,22,28)(H,24,27). The Morgan fingerprint density at radius 2 is 1.97 bits per heavy atom. The van der Waals surface area contributed by atoms with Crippen LogP contribution in [0.4, 0.5) is 5.69 Å². The van der Waals surface area contributed by atoms with Crippen molar-refractivity contribution in [1.29, 1.82) is 0 Å². The van der Waals surface area contributed by atoms with E-state index in [4.69, 9.17) is 0 Å². The minimum absolute atomic E-state index is 0.114. The third-order valence-corrected chi connectivity index (χ3v) is 5.44. The van der Waals surface area contributed by atoms with E-state index in [1.807, 2.05) is 7.05 Å². The molecule has 1 aromatic heterocycles. The van der Waals surface area contributed by atoms with Crippen LogP contribution >= 0.6 is 11.8 Å². The summed E-state index contributed by atoms with van der Waals surface area (Å²) in [5.41, 5.74) is 1.15. The molecule has 2 aromatic rings. The zero-order valence-corrected chi connectivity index (χ0v) is 18.3. The number of amides is 2. The van der Waals surface area contributed by atoms with Gasteiger partial charge in [0.2, 0.25) is 5.91 Å². The van der Waals surface area contributed by atoms with E-state index in [0.29, 0.717) is 23.0 Å². The monoisotopic (exact) mass is 417 g/mol.